The van der Waals surface area contributed by atoms with E-state index in [9.17, 15) is 0 Å². The normalized spacial score (nSPS) is 12.4. The van der Waals surface area contributed by atoms with Crippen molar-refractivity contribution in [1.82, 2.24) is 0 Å². The molecule has 0 aliphatic heterocycles. The van der Waals surface area contributed by atoms with Gasteiger partial charge < -0.3 is 5.73 Å². The monoisotopic (exact) mass is 211 g/mol. The Bertz CT molecular complexity index is 431. The highest BCUT2D eigenvalue weighted by Gasteiger charge is 2.03. The fourth-order valence-electron chi connectivity index (χ4n) is 1.79. The average Bonchev–Trinajstić information content (AvgIpc) is 2.39. The zero-order valence-electron chi connectivity index (χ0n) is 9.56. The molecule has 1 unspecified atom stereocenters. The highest BCUT2D eigenvalue weighted by atomic mass is 14.6. The van der Waals surface area contributed by atoms with E-state index in [0.29, 0.717) is 0 Å². The first-order chi connectivity index (χ1) is 7.81. The summed E-state index contributed by atoms with van der Waals surface area (Å²) in [6.45, 7) is 2.11. The standard InChI is InChI=1S/C15H17N/c1-2-15(16)14-10-8-13(9-11-14)12-6-4-3-5-7-12/h3-11,15H,2,16H2,1H3. The molecule has 0 aliphatic carbocycles. The van der Waals surface area contributed by atoms with Crippen molar-refractivity contribution in [3.8, 4) is 11.1 Å². The molecule has 0 spiro atoms. The van der Waals surface area contributed by atoms with E-state index in [2.05, 4.69) is 55.5 Å². The smallest absolute Gasteiger partial charge is 0.0292 e. The summed E-state index contributed by atoms with van der Waals surface area (Å²) in [5.41, 5.74) is 9.69. The van der Waals surface area contributed by atoms with Crippen molar-refractivity contribution in [3.05, 3.63) is 60.2 Å². The summed E-state index contributed by atoms with van der Waals surface area (Å²) in [6, 6.07) is 19.1. The Kier molecular flexibility index (Phi) is 3.37. The summed E-state index contributed by atoms with van der Waals surface area (Å²) in [6.07, 6.45) is 0.977. The Labute approximate surface area is 96.9 Å². The van der Waals surface area contributed by atoms with Gasteiger partial charge in [0.15, 0.2) is 0 Å². The summed E-state index contributed by atoms with van der Waals surface area (Å²) in [5.74, 6) is 0. The molecular weight excluding hydrogens is 194 g/mol. The lowest BCUT2D eigenvalue weighted by atomic mass is 10.0. The van der Waals surface area contributed by atoms with E-state index in [4.69, 9.17) is 5.73 Å². The lowest BCUT2D eigenvalue weighted by Gasteiger charge is -2.09. The maximum atomic E-state index is 5.98. The fraction of sp³-hybridized carbons (Fsp3) is 0.200. The minimum atomic E-state index is 0.157. The third-order valence-electron chi connectivity index (χ3n) is 2.89. The molecular formula is C15H17N. The molecule has 1 atom stereocenters. The summed E-state index contributed by atoms with van der Waals surface area (Å²) in [7, 11) is 0. The summed E-state index contributed by atoms with van der Waals surface area (Å²) in [4.78, 5) is 0. The first kappa shape index (κ1) is 10.9. The van der Waals surface area contributed by atoms with Crippen LogP contribution in [-0.4, -0.2) is 0 Å². The fourth-order valence-corrected chi connectivity index (χ4v) is 1.79. The van der Waals surface area contributed by atoms with E-state index in [1.54, 1.807) is 0 Å². The van der Waals surface area contributed by atoms with Crippen LogP contribution in [0.15, 0.2) is 54.6 Å². The van der Waals surface area contributed by atoms with Gasteiger partial charge in [-0.1, -0.05) is 61.5 Å². The number of hydrogen-bond acceptors (Lipinski definition) is 1. The molecule has 0 fully saturated rings. The second-order valence-electron chi connectivity index (χ2n) is 4.00. The summed E-state index contributed by atoms with van der Waals surface area (Å²) >= 11 is 0. The number of rotatable bonds is 3. The Balaban J connectivity index is 2.26. The van der Waals surface area contributed by atoms with Gasteiger partial charge in [-0.3, -0.25) is 0 Å². The van der Waals surface area contributed by atoms with Crippen molar-refractivity contribution in [1.29, 1.82) is 0 Å². The zero-order valence-corrected chi connectivity index (χ0v) is 9.56. The Morgan fingerprint density at radius 3 is 2.00 bits per heavy atom. The van der Waals surface area contributed by atoms with Crippen molar-refractivity contribution in [3.63, 3.8) is 0 Å². The van der Waals surface area contributed by atoms with Crippen molar-refractivity contribution in [2.24, 2.45) is 5.73 Å². The Morgan fingerprint density at radius 1 is 0.875 bits per heavy atom. The number of benzene rings is 2. The van der Waals surface area contributed by atoms with E-state index in [1.807, 2.05) is 6.07 Å². The molecule has 0 saturated carbocycles. The topological polar surface area (TPSA) is 26.0 Å². The van der Waals surface area contributed by atoms with Crippen LogP contribution in [0.5, 0.6) is 0 Å². The summed E-state index contributed by atoms with van der Waals surface area (Å²) in [5, 5.41) is 0. The number of nitrogens with two attached hydrogens (primary N) is 1. The van der Waals surface area contributed by atoms with Crippen LogP contribution in [0.1, 0.15) is 24.9 Å². The van der Waals surface area contributed by atoms with E-state index in [-0.39, 0.29) is 6.04 Å². The van der Waals surface area contributed by atoms with Crippen LogP contribution in [0.25, 0.3) is 11.1 Å². The third kappa shape index (κ3) is 2.31. The van der Waals surface area contributed by atoms with Gasteiger partial charge in [0.05, 0.1) is 0 Å². The molecule has 1 heteroatoms. The lowest BCUT2D eigenvalue weighted by molar-refractivity contribution is 0.699. The Hall–Kier alpha value is -1.60. The molecule has 2 aromatic carbocycles. The predicted molar refractivity (Wildman–Crippen MR) is 69.1 cm³/mol. The van der Waals surface area contributed by atoms with Gasteiger partial charge in [-0.05, 0) is 23.1 Å². The van der Waals surface area contributed by atoms with Crippen molar-refractivity contribution in [2.75, 3.05) is 0 Å². The molecule has 0 aromatic heterocycles. The zero-order chi connectivity index (χ0) is 11.4. The van der Waals surface area contributed by atoms with Gasteiger partial charge >= 0.3 is 0 Å². The number of hydrogen-bond donors (Lipinski definition) is 1. The average molecular weight is 211 g/mol. The van der Waals surface area contributed by atoms with Gasteiger partial charge in [-0.15, -0.1) is 0 Å². The van der Waals surface area contributed by atoms with E-state index in [1.165, 1.54) is 16.7 Å². The maximum Gasteiger partial charge on any atom is 0.0292 e. The van der Waals surface area contributed by atoms with Gasteiger partial charge in [0.1, 0.15) is 0 Å². The quantitative estimate of drug-likeness (QED) is 0.821. The Morgan fingerprint density at radius 2 is 1.44 bits per heavy atom. The van der Waals surface area contributed by atoms with Crippen LogP contribution in [0.3, 0.4) is 0 Å². The molecule has 2 aromatic rings. The minimum absolute atomic E-state index is 0.157. The van der Waals surface area contributed by atoms with Gasteiger partial charge in [-0.25, -0.2) is 0 Å². The van der Waals surface area contributed by atoms with E-state index >= 15 is 0 Å². The molecule has 2 N–H and O–H groups in total. The summed E-state index contributed by atoms with van der Waals surface area (Å²) < 4.78 is 0. The van der Waals surface area contributed by atoms with Crippen LogP contribution >= 0.6 is 0 Å². The van der Waals surface area contributed by atoms with Crippen LogP contribution in [0, 0.1) is 0 Å². The van der Waals surface area contributed by atoms with Crippen LogP contribution < -0.4 is 5.73 Å². The third-order valence-corrected chi connectivity index (χ3v) is 2.89. The van der Waals surface area contributed by atoms with Crippen molar-refractivity contribution >= 4 is 0 Å². The molecule has 0 radical (unpaired) electrons. The molecule has 0 bridgehead atoms. The molecule has 0 heterocycles. The highest BCUT2D eigenvalue weighted by molar-refractivity contribution is 5.63. The molecule has 0 aliphatic rings. The first-order valence-corrected chi connectivity index (χ1v) is 5.72. The largest absolute Gasteiger partial charge is 0.324 e. The van der Waals surface area contributed by atoms with Crippen molar-refractivity contribution < 1.29 is 0 Å². The van der Waals surface area contributed by atoms with Crippen LogP contribution in [0.2, 0.25) is 0 Å². The second kappa shape index (κ2) is 4.95. The molecule has 2 rings (SSSR count). The van der Waals surface area contributed by atoms with E-state index < -0.39 is 0 Å². The van der Waals surface area contributed by atoms with Gasteiger partial charge in [0.25, 0.3) is 0 Å². The van der Waals surface area contributed by atoms with Gasteiger partial charge in [-0.2, -0.15) is 0 Å². The SMILES string of the molecule is CCC(N)c1ccc(-c2ccccc2)cc1. The second-order valence-corrected chi connectivity index (χ2v) is 4.00. The molecule has 1 nitrogen and oxygen atoms in total. The first-order valence-electron chi connectivity index (χ1n) is 5.72. The van der Waals surface area contributed by atoms with Crippen LogP contribution in [0.4, 0.5) is 0 Å². The molecule has 0 saturated heterocycles. The minimum Gasteiger partial charge on any atom is -0.324 e. The maximum absolute atomic E-state index is 5.98. The molecule has 0 amide bonds. The molecule has 16 heavy (non-hydrogen) atoms. The predicted octanol–water partition coefficient (Wildman–Crippen LogP) is 3.76. The molecule has 82 valence electrons. The highest BCUT2D eigenvalue weighted by Crippen LogP contribution is 2.21. The van der Waals surface area contributed by atoms with Crippen molar-refractivity contribution in [2.45, 2.75) is 19.4 Å². The van der Waals surface area contributed by atoms with E-state index in [0.717, 1.165) is 6.42 Å². The van der Waals surface area contributed by atoms with Gasteiger partial charge in [0, 0.05) is 6.04 Å². The lowest BCUT2D eigenvalue weighted by Crippen LogP contribution is -2.07. The van der Waals surface area contributed by atoms with Gasteiger partial charge in [0.2, 0.25) is 0 Å². The van der Waals surface area contributed by atoms with Crippen LogP contribution in [-0.2, 0) is 0 Å².